The molecule has 0 N–H and O–H groups in total. The Morgan fingerprint density at radius 2 is 2.16 bits per heavy atom. The van der Waals surface area contributed by atoms with Crippen LogP contribution in [0, 0.1) is 0 Å². The molecule has 2 rings (SSSR count). The topological polar surface area (TPSA) is 46.6 Å². The molecule has 0 aromatic heterocycles. The van der Waals surface area contributed by atoms with Crippen molar-refractivity contribution < 1.29 is 13.2 Å². The largest absolute Gasteiger partial charge is 0.493 e. The second-order valence-electron chi connectivity index (χ2n) is 5.02. The van der Waals surface area contributed by atoms with Gasteiger partial charge in [0.05, 0.1) is 12.4 Å². The minimum atomic E-state index is -2.91. The van der Waals surface area contributed by atoms with Crippen LogP contribution in [0.15, 0.2) is 16.6 Å². The van der Waals surface area contributed by atoms with Gasteiger partial charge in [-0.05, 0) is 24.7 Å². The van der Waals surface area contributed by atoms with Gasteiger partial charge in [-0.2, -0.15) is 0 Å². The average molecular weight is 348 g/mol. The van der Waals surface area contributed by atoms with E-state index in [0.29, 0.717) is 13.1 Å². The molecule has 19 heavy (non-hydrogen) atoms. The molecule has 0 fully saturated rings. The van der Waals surface area contributed by atoms with Gasteiger partial charge in [0.15, 0.2) is 0 Å². The molecular formula is C13H18BrNO3S. The van der Waals surface area contributed by atoms with Gasteiger partial charge in [0, 0.05) is 35.8 Å². The first-order valence-corrected chi connectivity index (χ1v) is 9.01. The van der Waals surface area contributed by atoms with Gasteiger partial charge in [0.2, 0.25) is 0 Å². The normalized spacial score (nSPS) is 14.5. The second kappa shape index (κ2) is 5.81. The summed E-state index contributed by atoms with van der Waals surface area (Å²) in [7, 11) is -0.989. The Balaban J connectivity index is 2.07. The van der Waals surface area contributed by atoms with Gasteiger partial charge in [0.1, 0.15) is 15.6 Å². The molecule has 0 unspecified atom stereocenters. The van der Waals surface area contributed by atoms with E-state index in [1.165, 1.54) is 11.8 Å². The van der Waals surface area contributed by atoms with E-state index in [2.05, 4.69) is 22.0 Å². The summed E-state index contributed by atoms with van der Waals surface area (Å²) in [4.78, 5) is 2.00. The molecular weight excluding hydrogens is 330 g/mol. The molecule has 0 amide bonds. The quantitative estimate of drug-likeness (QED) is 0.815. The smallest absolute Gasteiger partial charge is 0.148 e. The van der Waals surface area contributed by atoms with Crippen molar-refractivity contribution in [3.63, 3.8) is 0 Å². The maximum absolute atomic E-state index is 11.2. The summed E-state index contributed by atoms with van der Waals surface area (Å²) in [5.41, 5.74) is 2.33. The van der Waals surface area contributed by atoms with Crippen LogP contribution in [-0.2, 0) is 22.8 Å². The number of halogens is 1. The molecule has 0 atom stereocenters. The highest BCUT2D eigenvalue weighted by Crippen LogP contribution is 2.33. The molecule has 0 radical (unpaired) electrons. The number of rotatable bonds is 5. The minimum Gasteiger partial charge on any atom is -0.493 e. The van der Waals surface area contributed by atoms with Crippen LogP contribution in [0.5, 0.6) is 5.75 Å². The Bertz CT molecular complexity index is 571. The molecule has 6 heteroatoms. The van der Waals surface area contributed by atoms with E-state index in [9.17, 15) is 8.42 Å². The molecule has 0 bridgehead atoms. The van der Waals surface area contributed by atoms with E-state index in [-0.39, 0.29) is 5.75 Å². The van der Waals surface area contributed by atoms with Crippen molar-refractivity contribution in [1.29, 1.82) is 0 Å². The molecule has 1 aromatic carbocycles. The van der Waals surface area contributed by atoms with E-state index >= 15 is 0 Å². The number of benzene rings is 1. The molecule has 0 saturated carbocycles. The van der Waals surface area contributed by atoms with Gasteiger partial charge in [-0.3, -0.25) is 0 Å². The van der Waals surface area contributed by atoms with Gasteiger partial charge in [-0.1, -0.05) is 15.9 Å². The van der Waals surface area contributed by atoms with Crippen molar-refractivity contribution in [1.82, 2.24) is 4.90 Å². The zero-order chi connectivity index (χ0) is 14.0. The van der Waals surface area contributed by atoms with Crippen molar-refractivity contribution in [2.24, 2.45) is 0 Å². The first-order chi connectivity index (χ1) is 8.85. The van der Waals surface area contributed by atoms with E-state index in [0.717, 1.165) is 28.8 Å². The first kappa shape index (κ1) is 14.8. The lowest BCUT2D eigenvalue weighted by Crippen LogP contribution is -2.25. The fourth-order valence-corrected chi connectivity index (χ4v) is 3.35. The Morgan fingerprint density at radius 1 is 1.42 bits per heavy atom. The fourth-order valence-electron chi connectivity index (χ4n) is 2.15. The predicted molar refractivity (Wildman–Crippen MR) is 79.4 cm³/mol. The van der Waals surface area contributed by atoms with Crippen LogP contribution in [0.4, 0.5) is 0 Å². The van der Waals surface area contributed by atoms with Gasteiger partial charge in [-0.25, -0.2) is 8.42 Å². The van der Waals surface area contributed by atoms with Crippen molar-refractivity contribution >= 4 is 25.8 Å². The lowest BCUT2D eigenvalue weighted by atomic mass is 10.1. The summed E-state index contributed by atoms with van der Waals surface area (Å²) in [6.07, 6.45) is 2.20. The van der Waals surface area contributed by atoms with Gasteiger partial charge < -0.3 is 9.64 Å². The second-order valence-corrected chi connectivity index (χ2v) is 8.19. The lowest BCUT2D eigenvalue weighted by Gasteiger charge is -2.18. The van der Waals surface area contributed by atoms with E-state index in [1.54, 1.807) is 0 Å². The molecule has 1 aliphatic heterocycles. The molecule has 0 spiro atoms. The van der Waals surface area contributed by atoms with E-state index < -0.39 is 9.84 Å². The number of ether oxygens (including phenoxy) is 1. The predicted octanol–water partition coefficient (Wildman–Crippen LogP) is 1.86. The molecule has 106 valence electrons. The van der Waals surface area contributed by atoms with Crippen LogP contribution in [0.25, 0.3) is 0 Å². The van der Waals surface area contributed by atoms with E-state index in [1.807, 2.05) is 18.0 Å². The van der Waals surface area contributed by atoms with Crippen LogP contribution in [0.2, 0.25) is 0 Å². The van der Waals surface area contributed by atoms with Crippen molar-refractivity contribution in [2.45, 2.75) is 13.0 Å². The third-order valence-corrected chi connectivity index (χ3v) is 4.49. The molecule has 0 aliphatic carbocycles. The van der Waals surface area contributed by atoms with Gasteiger partial charge in [-0.15, -0.1) is 0 Å². The Kier molecular flexibility index (Phi) is 4.53. The summed E-state index contributed by atoms with van der Waals surface area (Å²) in [5, 5.41) is 0. The number of hydrogen-bond acceptors (Lipinski definition) is 4. The average Bonchev–Trinajstić information content (AvgIpc) is 2.73. The van der Waals surface area contributed by atoms with E-state index in [4.69, 9.17) is 4.74 Å². The molecule has 1 aromatic rings. The van der Waals surface area contributed by atoms with Crippen molar-refractivity contribution in [3.05, 3.63) is 27.7 Å². The lowest BCUT2D eigenvalue weighted by molar-refractivity contribution is 0.322. The van der Waals surface area contributed by atoms with Crippen LogP contribution >= 0.6 is 15.9 Å². The van der Waals surface area contributed by atoms with Crippen LogP contribution in [0.3, 0.4) is 0 Å². The number of nitrogens with zero attached hydrogens (tertiary/aromatic N) is 1. The molecule has 0 saturated heterocycles. The highest BCUT2D eigenvalue weighted by atomic mass is 79.9. The highest BCUT2D eigenvalue weighted by molar-refractivity contribution is 9.10. The fraction of sp³-hybridized carbons (Fsp3) is 0.538. The van der Waals surface area contributed by atoms with Crippen LogP contribution < -0.4 is 4.74 Å². The monoisotopic (exact) mass is 347 g/mol. The summed E-state index contributed by atoms with van der Waals surface area (Å²) >= 11 is 3.51. The summed E-state index contributed by atoms with van der Waals surface area (Å²) in [5.74, 6) is 1.15. The third kappa shape index (κ3) is 4.19. The van der Waals surface area contributed by atoms with Gasteiger partial charge >= 0.3 is 0 Å². The zero-order valence-corrected chi connectivity index (χ0v) is 13.6. The Hall–Kier alpha value is -0.590. The summed E-state index contributed by atoms with van der Waals surface area (Å²) < 4.78 is 29.1. The molecule has 1 aliphatic rings. The Labute approximate surface area is 122 Å². The summed E-state index contributed by atoms with van der Waals surface area (Å²) in [6.45, 7) is 1.95. The number of sulfone groups is 1. The molecule has 1 heterocycles. The standard InChI is InChI=1S/C13H18BrNO3S/c1-15(4-6-19(2,16)17)9-11-8-12(14)7-10-3-5-18-13(10)11/h7-8H,3-6,9H2,1-2H3. The SMILES string of the molecule is CN(CCS(C)(=O)=O)Cc1cc(Br)cc2c1OCC2. The van der Waals surface area contributed by atoms with Gasteiger partial charge in [0.25, 0.3) is 0 Å². The summed E-state index contributed by atoms with van der Waals surface area (Å²) in [6, 6.07) is 4.13. The van der Waals surface area contributed by atoms with Crippen molar-refractivity contribution in [3.8, 4) is 5.75 Å². The minimum absolute atomic E-state index is 0.181. The maximum atomic E-state index is 11.2. The first-order valence-electron chi connectivity index (χ1n) is 6.15. The zero-order valence-electron chi connectivity index (χ0n) is 11.1. The van der Waals surface area contributed by atoms with Crippen LogP contribution in [-0.4, -0.2) is 45.5 Å². The number of fused-ring (bicyclic) bond motifs is 1. The molecule has 4 nitrogen and oxygen atoms in total. The highest BCUT2D eigenvalue weighted by Gasteiger charge is 2.18. The maximum Gasteiger partial charge on any atom is 0.148 e. The Morgan fingerprint density at radius 3 is 2.84 bits per heavy atom. The number of hydrogen-bond donors (Lipinski definition) is 0. The van der Waals surface area contributed by atoms with Crippen LogP contribution in [0.1, 0.15) is 11.1 Å². The third-order valence-electron chi connectivity index (χ3n) is 3.11. The van der Waals surface area contributed by atoms with Crippen molar-refractivity contribution in [2.75, 3.05) is 32.2 Å².